The average Bonchev–Trinajstić information content (AvgIpc) is 3.25. The fourth-order valence-corrected chi connectivity index (χ4v) is 9.88. The van der Waals surface area contributed by atoms with Crippen molar-refractivity contribution in [2.45, 2.75) is 58.7 Å². The lowest BCUT2D eigenvalue weighted by Crippen LogP contribution is -2.74. The van der Waals surface area contributed by atoms with Gasteiger partial charge in [0, 0.05) is 98.7 Å². The number of anilines is 2. The van der Waals surface area contributed by atoms with Crippen molar-refractivity contribution in [3.63, 3.8) is 0 Å². The minimum atomic E-state index is -0.887. The van der Waals surface area contributed by atoms with Crippen molar-refractivity contribution >= 4 is 57.5 Å². The van der Waals surface area contributed by atoms with Crippen LogP contribution in [0.3, 0.4) is 0 Å². The number of piperazine rings is 2. The number of nitriles is 1. The molecule has 0 spiro atoms. The molecular weight excluding hydrogens is 800 g/mol. The van der Waals surface area contributed by atoms with E-state index in [1.807, 2.05) is 35.2 Å². The van der Waals surface area contributed by atoms with Gasteiger partial charge in [-0.2, -0.15) is 9.94 Å². The van der Waals surface area contributed by atoms with Crippen molar-refractivity contribution in [2.75, 3.05) is 68.7 Å². The lowest BCUT2D eigenvalue weighted by atomic mass is 9.49. The molecule has 2 N–H and O–H groups in total. The monoisotopic (exact) mass is 848 g/mol. The molecule has 318 valence electrons. The molecule has 4 amide bonds. The van der Waals surface area contributed by atoms with E-state index in [-0.39, 0.29) is 53.5 Å². The zero-order chi connectivity index (χ0) is 43.2. The molecule has 3 aliphatic heterocycles. The number of piperidine rings is 1. The van der Waals surface area contributed by atoms with Gasteiger partial charge in [-0.15, -0.1) is 5.10 Å². The van der Waals surface area contributed by atoms with Crippen LogP contribution in [0.4, 0.5) is 11.4 Å². The Kier molecular flexibility index (Phi) is 11.2. The second kappa shape index (κ2) is 16.4. The van der Waals surface area contributed by atoms with Crippen LogP contribution in [0, 0.1) is 22.2 Å². The van der Waals surface area contributed by atoms with E-state index in [1.165, 1.54) is 0 Å². The summed E-state index contributed by atoms with van der Waals surface area (Å²) in [6.07, 6.45) is 0.115. The number of rotatable bonds is 9. The van der Waals surface area contributed by atoms with Gasteiger partial charge in [0.25, 0.3) is 17.4 Å². The average molecular weight is 849 g/mol. The Hall–Kier alpha value is -6.05. The van der Waals surface area contributed by atoms with Crippen LogP contribution < -0.4 is 30.7 Å². The Balaban J connectivity index is 0.797. The van der Waals surface area contributed by atoms with Crippen molar-refractivity contribution in [1.29, 1.82) is 5.26 Å². The summed E-state index contributed by atoms with van der Waals surface area (Å²) in [5.41, 5.74) is 2.03. The number of imide groups is 1. The van der Waals surface area contributed by atoms with E-state index in [4.69, 9.17) is 16.3 Å². The normalized spacial score (nSPS) is 22.6. The third-order valence-corrected chi connectivity index (χ3v) is 13.1. The standard InChI is InChI=1S/C44H49ClN10O6/c1-43(2)41(44(3,4)42(43)61-31-11-7-28(25-46)33(45)24-31)48-38(58)27-5-8-29(9-6-27)52-19-21-54(22-20-52)37(57)26-51-15-17-53(18-16-51)30-10-12-34-32(23-30)40(60)55(50-49-34)35-13-14-36(56)47-39(35)59/h5-12,23-24,35,41-42H,13-22,26H2,1-4H3,(H,48,58)(H,47,56,59)/t35?,41-,42-. The van der Waals surface area contributed by atoms with Crippen molar-refractivity contribution in [1.82, 2.24) is 35.4 Å². The number of ether oxygens (including phenoxy) is 1. The molecule has 16 nitrogen and oxygen atoms in total. The number of amides is 4. The molecule has 3 aromatic carbocycles. The quantitative estimate of drug-likeness (QED) is 0.235. The highest BCUT2D eigenvalue weighted by Gasteiger charge is 2.64. The number of benzene rings is 3. The van der Waals surface area contributed by atoms with Gasteiger partial charge in [0.05, 0.1) is 22.5 Å². The third kappa shape index (κ3) is 8.11. The third-order valence-electron chi connectivity index (χ3n) is 12.8. The van der Waals surface area contributed by atoms with Crippen LogP contribution in [-0.2, 0) is 14.4 Å². The highest BCUT2D eigenvalue weighted by Crippen LogP contribution is 2.55. The number of aromatic nitrogens is 3. The van der Waals surface area contributed by atoms with Gasteiger partial charge >= 0.3 is 0 Å². The molecule has 1 aliphatic carbocycles. The molecule has 0 radical (unpaired) electrons. The largest absolute Gasteiger partial charge is 0.489 e. The Morgan fingerprint density at radius 2 is 1.54 bits per heavy atom. The number of hydrogen-bond acceptors (Lipinski definition) is 12. The lowest BCUT2D eigenvalue weighted by Gasteiger charge is -2.63. The van der Waals surface area contributed by atoms with E-state index in [1.54, 1.807) is 30.3 Å². The topological polar surface area (TPSA) is 186 Å². The van der Waals surface area contributed by atoms with Crippen molar-refractivity contribution in [3.8, 4) is 11.8 Å². The Labute approximate surface area is 358 Å². The van der Waals surface area contributed by atoms with Crippen LogP contribution in [0.5, 0.6) is 5.75 Å². The molecule has 4 heterocycles. The van der Waals surface area contributed by atoms with Crippen molar-refractivity contribution in [3.05, 3.63) is 87.2 Å². The number of carbonyl (C=O) groups excluding carboxylic acids is 4. The fourth-order valence-electron chi connectivity index (χ4n) is 9.66. The van der Waals surface area contributed by atoms with E-state index < -0.39 is 17.5 Å². The minimum Gasteiger partial charge on any atom is -0.489 e. The van der Waals surface area contributed by atoms with Gasteiger partial charge in [-0.3, -0.25) is 34.2 Å². The Morgan fingerprint density at radius 1 is 0.885 bits per heavy atom. The number of hydrogen-bond donors (Lipinski definition) is 2. The second-order valence-electron chi connectivity index (χ2n) is 17.5. The molecular formula is C44H49ClN10O6. The number of fused-ring (bicyclic) bond motifs is 1. The van der Waals surface area contributed by atoms with Gasteiger partial charge in [0.15, 0.2) is 0 Å². The zero-order valence-corrected chi connectivity index (χ0v) is 35.4. The maximum absolute atomic E-state index is 13.5. The van der Waals surface area contributed by atoms with Gasteiger partial charge < -0.3 is 24.8 Å². The SMILES string of the molecule is CC1(C)[C@H](NC(=O)c2ccc(N3CCN(C(=O)CN4CCN(c5ccc6nnn(C7CCC(=O)NC7=O)c(=O)c6c5)CC4)CC3)cc2)C(C)(C)[C@H]1Oc1ccc(C#N)c(Cl)c1. The molecule has 1 saturated carbocycles. The van der Waals surface area contributed by atoms with E-state index in [0.717, 1.165) is 16.1 Å². The molecule has 1 atom stereocenters. The van der Waals surface area contributed by atoms with E-state index in [0.29, 0.717) is 91.7 Å². The predicted molar refractivity (Wildman–Crippen MR) is 229 cm³/mol. The highest BCUT2D eigenvalue weighted by atomic mass is 35.5. The van der Waals surface area contributed by atoms with Gasteiger partial charge in [-0.25, -0.2) is 0 Å². The first-order valence-electron chi connectivity index (χ1n) is 20.6. The summed E-state index contributed by atoms with van der Waals surface area (Å²) >= 11 is 6.25. The first-order valence-corrected chi connectivity index (χ1v) is 21.0. The van der Waals surface area contributed by atoms with E-state index >= 15 is 0 Å². The maximum Gasteiger partial charge on any atom is 0.278 e. The molecule has 1 unspecified atom stereocenters. The molecule has 3 saturated heterocycles. The summed E-state index contributed by atoms with van der Waals surface area (Å²) in [4.78, 5) is 72.8. The van der Waals surface area contributed by atoms with Gasteiger partial charge in [0.2, 0.25) is 11.8 Å². The van der Waals surface area contributed by atoms with Crippen LogP contribution in [0.2, 0.25) is 5.02 Å². The zero-order valence-electron chi connectivity index (χ0n) is 34.7. The maximum atomic E-state index is 13.5. The molecule has 61 heavy (non-hydrogen) atoms. The molecule has 8 rings (SSSR count). The highest BCUT2D eigenvalue weighted by molar-refractivity contribution is 6.31. The van der Waals surface area contributed by atoms with E-state index in [2.05, 4.69) is 69.4 Å². The van der Waals surface area contributed by atoms with Crippen LogP contribution >= 0.6 is 11.6 Å². The molecule has 4 aromatic rings. The van der Waals surface area contributed by atoms with Crippen LogP contribution in [0.15, 0.2) is 65.5 Å². The molecule has 0 bridgehead atoms. The van der Waals surface area contributed by atoms with Crippen molar-refractivity contribution < 1.29 is 23.9 Å². The summed E-state index contributed by atoms with van der Waals surface area (Å²) in [6.45, 7) is 13.9. The van der Waals surface area contributed by atoms with Crippen molar-refractivity contribution in [2.24, 2.45) is 10.8 Å². The fraction of sp³-hybridized carbons (Fsp3) is 0.455. The Bertz CT molecular complexity index is 2470. The van der Waals surface area contributed by atoms with Crippen LogP contribution in [-0.4, -0.2) is 119 Å². The number of halogens is 1. The first-order chi connectivity index (χ1) is 29.1. The van der Waals surface area contributed by atoms with Crippen LogP contribution in [0.25, 0.3) is 10.9 Å². The molecule has 17 heteroatoms. The van der Waals surface area contributed by atoms with E-state index in [9.17, 15) is 29.2 Å². The molecule has 4 aliphatic rings. The summed E-state index contributed by atoms with van der Waals surface area (Å²) in [5.74, 6) is -0.408. The van der Waals surface area contributed by atoms with Gasteiger partial charge in [0.1, 0.15) is 29.5 Å². The van der Waals surface area contributed by atoms with Crippen LogP contribution in [0.1, 0.15) is 62.5 Å². The molecule has 4 fully saturated rings. The first kappa shape index (κ1) is 41.7. The smallest absolute Gasteiger partial charge is 0.278 e. The number of nitrogens with zero attached hydrogens (tertiary/aromatic N) is 8. The number of nitrogens with one attached hydrogen (secondary N) is 2. The van der Waals surface area contributed by atoms with Gasteiger partial charge in [-0.1, -0.05) is 44.5 Å². The predicted octanol–water partition coefficient (Wildman–Crippen LogP) is 3.38. The number of carbonyl (C=O) groups is 4. The van der Waals surface area contributed by atoms with Gasteiger partial charge in [-0.05, 0) is 61.0 Å². The lowest BCUT2D eigenvalue weighted by molar-refractivity contribution is -0.164. The summed E-state index contributed by atoms with van der Waals surface area (Å²) in [5, 5.41) is 23.6. The summed E-state index contributed by atoms with van der Waals surface area (Å²) in [7, 11) is 0. The second-order valence-corrected chi connectivity index (χ2v) is 17.9. The Morgan fingerprint density at radius 3 is 2.20 bits per heavy atom. The molecule has 1 aromatic heterocycles. The summed E-state index contributed by atoms with van der Waals surface area (Å²) in [6, 6.07) is 19.1. The summed E-state index contributed by atoms with van der Waals surface area (Å²) < 4.78 is 7.44. The minimum absolute atomic E-state index is 0.0913.